The van der Waals surface area contributed by atoms with Crippen LogP contribution in [0.2, 0.25) is 5.02 Å². The normalized spacial score (nSPS) is 13.1. The number of benzene rings is 2. The van der Waals surface area contributed by atoms with Crippen molar-refractivity contribution in [3.8, 4) is 11.4 Å². The summed E-state index contributed by atoms with van der Waals surface area (Å²) in [7, 11) is 0. The SMILES string of the molecule is Cc1nc(NCCc2cc(F)cc3c2OCOC3)c2cnn(-c3cccc(Cl)c3)c2n1. The van der Waals surface area contributed by atoms with E-state index in [1.807, 2.05) is 31.2 Å². The van der Waals surface area contributed by atoms with E-state index in [1.54, 1.807) is 10.9 Å². The summed E-state index contributed by atoms with van der Waals surface area (Å²) in [4.78, 5) is 9.10. The predicted molar refractivity (Wildman–Crippen MR) is 115 cm³/mol. The lowest BCUT2D eigenvalue weighted by atomic mass is 10.1. The molecule has 0 amide bonds. The third-order valence-electron chi connectivity index (χ3n) is 5.03. The predicted octanol–water partition coefficient (Wildman–Crippen LogP) is 4.44. The van der Waals surface area contributed by atoms with Crippen LogP contribution in [0.25, 0.3) is 16.7 Å². The Balaban J connectivity index is 1.41. The van der Waals surface area contributed by atoms with Gasteiger partial charge in [-0.05, 0) is 49.2 Å². The van der Waals surface area contributed by atoms with Crippen molar-refractivity contribution in [2.75, 3.05) is 18.7 Å². The monoisotopic (exact) mass is 439 g/mol. The molecule has 1 N–H and O–H groups in total. The lowest BCUT2D eigenvalue weighted by Gasteiger charge is -2.21. The van der Waals surface area contributed by atoms with E-state index < -0.39 is 0 Å². The maximum atomic E-state index is 14.0. The fourth-order valence-electron chi connectivity index (χ4n) is 3.71. The van der Waals surface area contributed by atoms with Crippen molar-refractivity contribution in [2.24, 2.45) is 0 Å². The Bertz CT molecular complexity index is 1280. The Morgan fingerprint density at radius 2 is 2.13 bits per heavy atom. The Hall–Kier alpha value is -3.23. The molecule has 9 heteroatoms. The van der Waals surface area contributed by atoms with Gasteiger partial charge in [-0.2, -0.15) is 5.10 Å². The highest BCUT2D eigenvalue weighted by Crippen LogP contribution is 2.30. The zero-order valence-electron chi connectivity index (χ0n) is 16.7. The third-order valence-corrected chi connectivity index (χ3v) is 5.27. The first-order chi connectivity index (χ1) is 15.1. The number of hydrogen-bond acceptors (Lipinski definition) is 6. The molecular weight excluding hydrogens is 421 g/mol. The summed E-state index contributed by atoms with van der Waals surface area (Å²) in [5, 5.41) is 9.23. The molecule has 2 aromatic carbocycles. The van der Waals surface area contributed by atoms with Crippen molar-refractivity contribution in [3.63, 3.8) is 0 Å². The first kappa shape index (κ1) is 19.7. The number of anilines is 1. The molecule has 2 aromatic heterocycles. The van der Waals surface area contributed by atoms with Crippen LogP contribution in [0.4, 0.5) is 10.2 Å². The van der Waals surface area contributed by atoms with Crippen molar-refractivity contribution in [1.82, 2.24) is 19.7 Å². The molecule has 1 aliphatic rings. The molecule has 7 nitrogen and oxygen atoms in total. The molecule has 0 bridgehead atoms. The number of hydrogen-bond donors (Lipinski definition) is 1. The van der Waals surface area contributed by atoms with E-state index in [4.69, 9.17) is 21.1 Å². The van der Waals surface area contributed by atoms with E-state index in [1.165, 1.54) is 12.1 Å². The van der Waals surface area contributed by atoms with Gasteiger partial charge in [0.1, 0.15) is 23.2 Å². The Labute approximate surface area is 182 Å². The summed E-state index contributed by atoms with van der Waals surface area (Å²) in [6, 6.07) is 10.4. The molecule has 0 radical (unpaired) electrons. The Kier molecular flexibility index (Phi) is 5.17. The van der Waals surface area contributed by atoms with Crippen LogP contribution in [0, 0.1) is 12.7 Å². The molecule has 158 valence electrons. The van der Waals surface area contributed by atoms with Gasteiger partial charge in [0.05, 0.1) is 23.9 Å². The van der Waals surface area contributed by atoms with Crippen LogP contribution in [-0.4, -0.2) is 33.1 Å². The summed E-state index contributed by atoms with van der Waals surface area (Å²) < 4.78 is 26.6. The average Bonchev–Trinajstić information content (AvgIpc) is 3.17. The van der Waals surface area contributed by atoms with Crippen LogP contribution in [-0.2, 0) is 17.8 Å². The molecule has 3 heterocycles. The number of nitrogens with zero attached hydrogens (tertiary/aromatic N) is 4. The maximum Gasteiger partial charge on any atom is 0.189 e. The molecule has 0 fully saturated rings. The van der Waals surface area contributed by atoms with Gasteiger partial charge in [-0.25, -0.2) is 19.0 Å². The summed E-state index contributed by atoms with van der Waals surface area (Å²) in [6.07, 6.45) is 2.29. The zero-order valence-corrected chi connectivity index (χ0v) is 17.5. The summed E-state index contributed by atoms with van der Waals surface area (Å²) in [5.41, 5.74) is 3.02. The van der Waals surface area contributed by atoms with E-state index in [2.05, 4.69) is 20.4 Å². The fourth-order valence-corrected chi connectivity index (χ4v) is 3.89. The molecule has 0 unspecified atom stereocenters. The zero-order chi connectivity index (χ0) is 21.4. The van der Waals surface area contributed by atoms with Gasteiger partial charge in [0.2, 0.25) is 0 Å². The van der Waals surface area contributed by atoms with Gasteiger partial charge in [0.15, 0.2) is 12.4 Å². The largest absolute Gasteiger partial charge is 0.467 e. The molecule has 0 atom stereocenters. The number of nitrogens with one attached hydrogen (secondary N) is 1. The summed E-state index contributed by atoms with van der Waals surface area (Å²) >= 11 is 6.13. The van der Waals surface area contributed by atoms with Crippen molar-refractivity contribution in [3.05, 3.63) is 70.4 Å². The minimum absolute atomic E-state index is 0.174. The second kappa shape index (κ2) is 8.13. The van der Waals surface area contributed by atoms with Gasteiger partial charge in [-0.15, -0.1) is 0 Å². The van der Waals surface area contributed by atoms with Crippen molar-refractivity contribution < 1.29 is 13.9 Å². The first-order valence-corrected chi connectivity index (χ1v) is 10.2. The third kappa shape index (κ3) is 3.92. The highest BCUT2D eigenvalue weighted by atomic mass is 35.5. The molecule has 1 aliphatic heterocycles. The van der Waals surface area contributed by atoms with Crippen LogP contribution in [0.1, 0.15) is 17.0 Å². The van der Waals surface area contributed by atoms with Crippen LogP contribution in [0.5, 0.6) is 5.75 Å². The van der Waals surface area contributed by atoms with Gasteiger partial charge in [0, 0.05) is 17.1 Å². The Morgan fingerprint density at radius 3 is 3.00 bits per heavy atom. The van der Waals surface area contributed by atoms with Gasteiger partial charge >= 0.3 is 0 Å². The lowest BCUT2D eigenvalue weighted by molar-refractivity contribution is -0.0172. The number of aromatic nitrogens is 4. The molecule has 0 aliphatic carbocycles. The number of halogens is 2. The minimum atomic E-state index is -0.300. The highest BCUT2D eigenvalue weighted by Gasteiger charge is 2.17. The molecule has 4 aromatic rings. The van der Waals surface area contributed by atoms with Gasteiger partial charge in [-0.3, -0.25) is 0 Å². The van der Waals surface area contributed by atoms with Crippen molar-refractivity contribution >= 4 is 28.5 Å². The highest BCUT2D eigenvalue weighted by molar-refractivity contribution is 6.30. The fraction of sp³-hybridized carbons (Fsp3) is 0.227. The average molecular weight is 440 g/mol. The minimum Gasteiger partial charge on any atom is -0.467 e. The standard InChI is InChI=1S/C22H19ClFN5O2/c1-13-27-21(19-10-26-29(22(19)28-13)18-4-2-3-16(23)9-18)25-6-5-14-7-17(24)8-15-11-30-12-31-20(14)15/h2-4,7-10H,5-6,11-12H2,1H3,(H,25,27,28). The van der Waals surface area contributed by atoms with Crippen LogP contribution >= 0.6 is 11.6 Å². The number of fused-ring (bicyclic) bond motifs is 2. The molecule has 31 heavy (non-hydrogen) atoms. The van der Waals surface area contributed by atoms with Crippen LogP contribution in [0.15, 0.2) is 42.6 Å². The second-order valence-corrected chi connectivity index (χ2v) is 7.67. The van der Waals surface area contributed by atoms with Crippen LogP contribution in [0.3, 0.4) is 0 Å². The van der Waals surface area contributed by atoms with Crippen molar-refractivity contribution in [1.29, 1.82) is 0 Å². The van der Waals surface area contributed by atoms with Gasteiger partial charge < -0.3 is 14.8 Å². The van der Waals surface area contributed by atoms with E-state index in [0.29, 0.717) is 47.6 Å². The van der Waals surface area contributed by atoms with Crippen LogP contribution < -0.4 is 10.1 Å². The second-order valence-electron chi connectivity index (χ2n) is 7.23. The molecule has 0 spiro atoms. The first-order valence-electron chi connectivity index (χ1n) is 9.82. The smallest absolute Gasteiger partial charge is 0.189 e. The van der Waals surface area contributed by atoms with Gasteiger partial charge in [0.25, 0.3) is 0 Å². The lowest BCUT2D eigenvalue weighted by Crippen LogP contribution is -2.15. The quantitative estimate of drug-likeness (QED) is 0.495. The number of aryl methyl sites for hydroxylation is 1. The number of rotatable bonds is 5. The van der Waals surface area contributed by atoms with E-state index in [9.17, 15) is 4.39 Å². The van der Waals surface area contributed by atoms with E-state index in [0.717, 1.165) is 22.2 Å². The molecule has 0 saturated heterocycles. The van der Waals surface area contributed by atoms with Gasteiger partial charge in [-0.1, -0.05) is 17.7 Å². The Morgan fingerprint density at radius 1 is 1.23 bits per heavy atom. The molecule has 5 rings (SSSR count). The topological polar surface area (TPSA) is 74.1 Å². The van der Waals surface area contributed by atoms with Crippen molar-refractivity contribution in [2.45, 2.75) is 20.0 Å². The molecule has 0 saturated carbocycles. The molecular formula is C22H19ClFN5O2. The number of ether oxygens (including phenoxy) is 2. The van der Waals surface area contributed by atoms with E-state index >= 15 is 0 Å². The summed E-state index contributed by atoms with van der Waals surface area (Å²) in [6.45, 7) is 2.89. The summed E-state index contributed by atoms with van der Waals surface area (Å²) in [5.74, 6) is 1.69. The van der Waals surface area contributed by atoms with E-state index in [-0.39, 0.29) is 12.6 Å². The maximum absolute atomic E-state index is 14.0.